The van der Waals surface area contributed by atoms with Crippen LogP contribution in [0.25, 0.3) is 28.2 Å². The first-order chi connectivity index (χ1) is 15.0. The van der Waals surface area contributed by atoms with E-state index in [1.807, 2.05) is 18.3 Å². The largest absolute Gasteiger partial charge is 0.340 e. The molecule has 2 nitrogen and oxygen atoms in total. The van der Waals surface area contributed by atoms with Gasteiger partial charge in [0.05, 0.1) is 5.82 Å². The maximum absolute atomic E-state index is 4.74. The van der Waals surface area contributed by atoms with E-state index in [-0.39, 0.29) is 20.1 Å². The topological polar surface area (TPSA) is 17.8 Å². The number of benzene rings is 3. The average Bonchev–Trinajstić information content (AvgIpc) is 3.24. The van der Waals surface area contributed by atoms with Crippen LogP contribution in [0.3, 0.4) is 0 Å². The molecule has 0 unspecified atom stereocenters. The normalized spacial score (nSPS) is 11.1. The minimum absolute atomic E-state index is 0. The van der Waals surface area contributed by atoms with Crippen molar-refractivity contribution in [3.05, 3.63) is 96.3 Å². The van der Waals surface area contributed by atoms with Gasteiger partial charge >= 0.3 is 0 Å². The maximum atomic E-state index is 4.74. The summed E-state index contributed by atoms with van der Waals surface area (Å²) in [4.78, 5) is 4.74. The Kier molecular flexibility index (Phi) is 8.23. The van der Waals surface area contributed by atoms with E-state index in [1.54, 1.807) is 0 Å². The van der Waals surface area contributed by atoms with Gasteiger partial charge in [0.1, 0.15) is 0 Å². The van der Waals surface area contributed by atoms with Crippen LogP contribution in [0.1, 0.15) is 38.8 Å². The fourth-order valence-electron chi connectivity index (χ4n) is 4.31. The third-order valence-electron chi connectivity index (χ3n) is 5.52. The smallest absolute Gasteiger partial charge is 0.0602 e. The molecule has 0 aliphatic carbocycles. The molecule has 0 fully saturated rings. The summed E-state index contributed by atoms with van der Waals surface area (Å²) >= 11 is 0. The van der Waals surface area contributed by atoms with Gasteiger partial charge < -0.3 is 4.57 Å². The van der Waals surface area contributed by atoms with Crippen LogP contribution in [-0.4, -0.2) is 9.55 Å². The summed E-state index contributed by atoms with van der Waals surface area (Å²) in [5.41, 5.74) is 7.66. The molecule has 3 aromatic carbocycles. The summed E-state index contributed by atoms with van der Waals surface area (Å²) in [5, 5.41) is 0. The van der Waals surface area contributed by atoms with Crippen LogP contribution in [0.5, 0.6) is 0 Å². The molecule has 0 bridgehead atoms. The van der Waals surface area contributed by atoms with Gasteiger partial charge in [-0.3, -0.25) is 4.98 Å². The molecule has 1 radical (unpaired) electrons. The zero-order valence-corrected chi connectivity index (χ0v) is 21.7. The summed E-state index contributed by atoms with van der Waals surface area (Å²) < 4.78 is 2.29. The van der Waals surface area contributed by atoms with Crippen molar-refractivity contribution >= 4 is 0 Å². The fraction of sp³-hybridized carbons (Fsp3) is 0.276. The van der Waals surface area contributed by atoms with Gasteiger partial charge in [0.2, 0.25) is 0 Å². The Balaban J connectivity index is 0.00000289. The Hall–Kier alpha value is -2.48. The number of hydrogen-bond acceptors (Lipinski definition) is 1. The molecule has 4 rings (SSSR count). The number of aromatic nitrogens is 2. The van der Waals surface area contributed by atoms with Gasteiger partial charge in [0.25, 0.3) is 0 Å². The summed E-state index contributed by atoms with van der Waals surface area (Å²) in [6, 6.07) is 26.9. The SMILES string of the molecule is CC(C)Cc1ccc(-c2ccccc2)c(CC(C)C)c1-n1ccnc1-c1[c-]cccc1.[Ir]. The van der Waals surface area contributed by atoms with E-state index < -0.39 is 0 Å². The van der Waals surface area contributed by atoms with E-state index in [0.717, 1.165) is 24.2 Å². The predicted octanol–water partition coefficient (Wildman–Crippen LogP) is 7.40. The monoisotopic (exact) mass is 600 g/mol. The Labute approximate surface area is 206 Å². The molecule has 0 saturated carbocycles. The van der Waals surface area contributed by atoms with Crippen LogP contribution >= 0.6 is 0 Å². The van der Waals surface area contributed by atoms with Gasteiger partial charge in [0.15, 0.2) is 0 Å². The molecule has 1 heterocycles. The number of nitrogens with zero attached hydrogens (tertiary/aromatic N) is 2. The average molecular weight is 600 g/mol. The maximum Gasteiger partial charge on any atom is 0.0602 e. The molecule has 0 amide bonds. The van der Waals surface area contributed by atoms with E-state index in [2.05, 4.69) is 99.1 Å². The Morgan fingerprint density at radius 1 is 0.844 bits per heavy atom. The molecular weight excluding hydrogens is 569 g/mol. The number of rotatable bonds is 7. The first-order valence-electron chi connectivity index (χ1n) is 11.3. The third kappa shape index (κ3) is 5.28. The van der Waals surface area contributed by atoms with Crippen molar-refractivity contribution in [3.63, 3.8) is 0 Å². The van der Waals surface area contributed by atoms with Crippen LogP contribution in [0.4, 0.5) is 0 Å². The van der Waals surface area contributed by atoms with Crippen LogP contribution in [0.15, 0.2) is 79.1 Å². The van der Waals surface area contributed by atoms with Crippen molar-refractivity contribution < 1.29 is 20.1 Å². The first kappa shape index (κ1) is 24.2. The van der Waals surface area contributed by atoms with Gasteiger partial charge in [-0.25, -0.2) is 0 Å². The molecule has 3 heteroatoms. The molecular formula is C29H31IrN2-. The Morgan fingerprint density at radius 2 is 1.56 bits per heavy atom. The second-order valence-electron chi connectivity index (χ2n) is 9.06. The summed E-state index contributed by atoms with van der Waals surface area (Å²) in [5.74, 6) is 2.06. The van der Waals surface area contributed by atoms with Crippen LogP contribution in [0, 0.1) is 17.9 Å². The zero-order chi connectivity index (χ0) is 21.8. The van der Waals surface area contributed by atoms with E-state index >= 15 is 0 Å². The van der Waals surface area contributed by atoms with Crippen molar-refractivity contribution in [2.24, 2.45) is 11.8 Å². The van der Waals surface area contributed by atoms with Gasteiger partial charge in [-0.2, -0.15) is 0 Å². The molecule has 0 aliphatic heterocycles. The molecule has 0 N–H and O–H groups in total. The molecule has 1 aromatic heterocycles. The summed E-state index contributed by atoms with van der Waals surface area (Å²) in [6.45, 7) is 9.18. The second kappa shape index (κ2) is 10.9. The van der Waals surface area contributed by atoms with Crippen molar-refractivity contribution in [1.29, 1.82) is 0 Å². The molecule has 167 valence electrons. The van der Waals surface area contributed by atoms with Crippen molar-refractivity contribution in [3.8, 4) is 28.2 Å². The standard InChI is InChI=1S/C29H31N2.Ir/c1-21(2)19-25-15-16-26(23-11-7-5-8-12-23)27(20-22(3)4)28(25)31-18-17-30-29(31)24-13-9-6-10-14-24;/h5-13,15-18,21-22H,19-20H2,1-4H3;/q-1;. The molecule has 32 heavy (non-hydrogen) atoms. The quantitative estimate of drug-likeness (QED) is 0.203. The van der Waals surface area contributed by atoms with Crippen molar-refractivity contribution in [1.82, 2.24) is 9.55 Å². The molecule has 0 saturated heterocycles. The summed E-state index contributed by atoms with van der Waals surface area (Å²) in [7, 11) is 0. The van der Waals surface area contributed by atoms with Crippen LogP contribution in [-0.2, 0) is 32.9 Å². The Bertz CT molecular complexity index is 1130. The number of imidazole rings is 1. The van der Waals surface area contributed by atoms with Crippen LogP contribution < -0.4 is 0 Å². The van der Waals surface area contributed by atoms with Gasteiger partial charge in [-0.15, -0.1) is 35.9 Å². The number of hydrogen-bond donors (Lipinski definition) is 0. The van der Waals surface area contributed by atoms with E-state index in [4.69, 9.17) is 4.98 Å². The van der Waals surface area contributed by atoms with Crippen molar-refractivity contribution in [2.75, 3.05) is 0 Å². The predicted molar refractivity (Wildman–Crippen MR) is 130 cm³/mol. The molecule has 0 spiro atoms. The molecule has 4 aromatic rings. The van der Waals surface area contributed by atoms with Gasteiger partial charge in [0, 0.05) is 38.2 Å². The Morgan fingerprint density at radius 3 is 2.22 bits per heavy atom. The van der Waals surface area contributed by atoms with Crippen molar-refractivity contribution in [2.45, 2.75) is 40.5 Å². The molecule has 0 aliphatic rings. The van der Waals surface area contributed by atoms with E-state index in [1.165, 1.54) is 27.9 Å². The second-order valence-corrected chi connectivity index (χ2v) is 9.06. The van der Waals surface area contributed by atoms with E-state index in [0.29, 0.717) is 11.8 Å². The van der Waals surface area contributed by atoms with Gasteiger partial charge in [-0.1, -0.05) is 70.2 Å². The fourth-order valence-corrected chi connectivity index (χ4v) is 4.31. The zero-order valence-electron chi connectivity index (χ0n) is 19.3. The van der Waals surface area contributed by atoms with E-state index in [9.17, 15) is 0 Å². The minimum atomic E-state index is 0. The van der Waals surface area contributed by atoms with Crippen LogP contribution in [0.2, 0.25) is 0 Å². The van der Waals surface area contributed by atoms with Gasteiger partial charge in [-0.05, 0) is 46.9 Å². The summed E-state index contributed by atoms with van der Waals surface area (Å²) in [6.07, 6.45) is 6.06. The molecule has 0 atom stereocenters. The minimum Gasteiger partial charge on any atom is -0.340 e. The third-order valence-corrected chi connectivity index (χ3v) is 5.52. The first-order valence-corrected chi connectivity index (χ1v) is 11.3.